The van der Waals surface area contributed by atoms with Crippen molar-refractivity contribution in [3.8, 4) is 6.19 Å². The fraction of sp³-hybridized carbons (Fsp3) is 0.273. The average Bonchev–Trinajstić information content (AvgIpc) is 2.67. The monoisotopic (exact) mass is 217 g/mol. The molecule has 0 atom stereocenters. The van der Waals surface area contributed by atoms with E-state index in [0.29, 0.717) is 5.11 Å². The van der Waals surface area contributed by atoms with Crippen LogP contribution in [0.5, 0.6) is 0 Å². The van der Waals surface area contributed by atoms with Gasteiger partial charge in [0.25, 0.3) is 0 Å². The molecule has 0 saturated heterocycles. The van der Waals surface area contributed by atoms with E-state index in [4.69, 9.17) is 17.5 Å². The molecular formula is C11H11N3S. The maximum absolute atomic E-state index is 8.42. The number of rotatable bonds is 1. The average molecular weight is 217 g/mol. The minimum Gasteiger partial charge on any atom is -0.332 e. The Balaban J connectivity index is 2.19. The van der Waals surface area contributed by atoms with Gasteiger partial charge in [-0.3, -0.25) is 5.32 Å². The third-order valence-corrected chi connectivity index (χ3v) is 2.77. The molecule has 2 N–H and O–H groups in total. The number of nitrogens with zero attached hydrogens (tertiary/aromatic N) is 1. The predicted octanol–water partition coefficient (Wildman–Crippen LogP) is 1.94. The Morgan fingerprint density at radius 3 is 3.07 bits per heavy atom. The Kier molecular flexibility index (Phi) is 2.84. The van der Waals surface area contributed by atoms with Crippen molar-refractivity contribution >= 4 is 23.0 Å². The van der Waals surface area contributed by atoms with Gasteiger partial charge >= 0.3 is 0 Å². The van der Waals surface area contributed by atoms with Crippen LogP contribution in [0.25, 0.3) is 0 Å². The van der Waals surface area contributed by atoms with Crippen molar-refractivity contribution in [2.24, 2.45) is 0 Å². The molecule has 0 bridgehead atoms. The number of aryl methyl sites for hydroxylation is 1. The second kappa shape index (κ2) is 4.28. The van der Waals surface area contributed by atoms with Gasteiger partial charge in [0.1, 0.15) is 0 Å². The van der Waals surface area contributed by atoms with Gasteiger partial charge in [0, 0.05) is 5.69 Å². The number of hydrogen-bond donors (Lipinski definition) is 2. The standard InChI is InChI=1S/C11H11N3S/c12-7-13-11(15)14-10-6-2-4-8-3-1-5-9(8)10/h2,4,6H,1,3,5H2,(H2,13,14,15). The summed E-state index contributed by atoms with van der Waals surface area (Å²) in [6, 6.07) is 6.16. The highest BCUT2D eigenvalue weighted by molar-refractivity contribution is 7.80. The smallest absolute Gasteiger partial charge is 0.184 e. The predicted molar refractivity (Wildman–Crippen MR) is 63.4 cm³/mol. The van der Waals surface area contributed by atoms with E-state index in [0.717, 1.165) is 18.5 Å². The summed E-state index contributed by atoms with van der Waals surface area (Å²) in [7, 11) is 0. The van der Waals surface area contributed by atoms with Gasteiger partial charge in [-0.25, -0.2) is 0 Å². The maximum atomic E-state index is 8.42. The van der Waals surface area contributed by atoms with Gasteiger partial charge in [-0.05, 0) is 48.7 Å². The number of nitrogens with one attached hydrogen (secondary N) is 2. The van der Waals surface area contributed by atoms with Crippen LogP contribution in [0.1, 0.15) is 17.5 Å². The van der Waals surface area contributed by atoms with E-state index in [2.05, 4.69) is 16.7 Å². The topological polar surface area (TPSA) is 47.9 Å². The van der Waals surface area contributed by atoms with E-state index in [1.165, 1.54) is 17.5 Å². The first-order chi connectivity index (χ1) is 7.31. The SMILES string of the molecule is N#CNC(=S)Nc1cccc2c1CCC2. The lowest BCUT2D eigenvalue weighted by Crippen LogP contribution is -2.24. The summed E-state index contributed by atoms with van der Waals surface area (Å²) >= 11 is 4.96. The van der Waals surface area contributed by atoms with Crippen LogP contribution in [0.4, 0.5) is 5.69 Å². The van der Waals surface area contributed by atoms with Crippen molar-refractivity contribution in [2.45, 2.75) is 19.3 Å². The number of thiocarbonyl (C=S) groups is 1. The van der Waals surface area contributed by atoms with Gasteiger partial charge in [-0.2, -0.15) is 5.26 Å². The molecule has 0 heterocycles. The lowest BCUT2D eigenvalue weighted by Gasteiger charge is -2.10. The quantitative estimate of drug-likeness (QED) is 0.429. The second-order valence-electron chi connectivity index (χ2n) is 3.49. The van der Waals surface area contributed by atoms with Crippen LogP contribution in [0.3, 0.4) is 0 Å². The third kappa shape index (κ3) is 2.08. The van der Waals surface area contributed by atoms with E-state index in [9.17, 15) is 0 Å². The Hall–Kier alpha value is -1.60. The molecule has 1 aliphatic carbocycles. The molecule has 0 unspecified atom stereocenters. The van der Waals surface area contributed by atoms with Gasteiger partial charge < -0.3 is 5.32 Å². The fourth-order valence-corrected chi connectivity index (χ4v) is 2.10. The highest BCUT2D eigenvalue weighted by atomic mass is 32.1. The number of fused-ring (bicyclic) bond motifs is 1. The van der Waals surface area contributed by atoms with Crippen LogP contribution in [-0.2, 0) is 12.8 Å². The molecule has 15 heavy (non-hydrogen) atoms. The van der Waals surface area contributed by atoms with E-state index in [-0.39, 0.29) is 0 Å². The molecule has 0 aromatic heterocycles. The van der Waals surface area contributed by atoms with Crippen LogP contribution in [0.15, 0.2) is 18.2 Å². The van der Waals surface area contributed by atoms with Crippen LogP contribution in [-0.4, -0.2) is 5.11 Å². The molecule has 0 aliphatic heterocycles. The van der Waals surface area contributed by atoms with Crippen LogP contribution in [0.2, 0.25) is 0 Å². The number of hydrogen-bond acceptors (Lipinski definition) is 2. The van der Waals surface area contributed by atoms with Crippen molar-refractivity contribution in [3.05, 3.63) is 29.3 Å². The molecule has 2 rings (SSSR count). The van der Waals surface area contributed by atoms with Gasteiger partial charge in [-0.15, -0.1) is 0 Å². The minimum atomic E-state index is 0.359. The Morgan fingerprint density at radius 1 is 1.40 bits per heavy atom. The zero-order valence-corrected chi connectivity index (χ0v) is 9.03. The lowest BCUT2D eigenvalue weighted by molar-refractivity contribution is 0.912. The summed E-state index contributed by atoms with van der Waals surface area (Å²) in [6.07, 6.45) is 5.24. The van der Waals surface area contributed by atoms with E-state index >= 15 is 0 Å². The molecule has 0 saturated carbocycles. The number of benzene rings is 1. The van der Waals surface area contributed by atoms with E-state index in [1.807, 2.05) is 12.1 Å². The molecule has 1 aromatic rings. The lowest BCUT2D eigenvalue weighted by atomic mass is 10.1. The zero-order chi connectivity index (χ0) is 10.7. The number of anilines is 1. The first kappa shape index (κ1) is 9.94. The Morgan fingerprint density at radius 2 is 2.27 bits per heavy atom. The molecule has 1 aromatic carbocycles. The molecule has 0 radical (unpaired) electrons. The molecule has 4 heteroatoms. The van der Waals surface area contributed by atoms with Gasteiger partial charge in [0.15, 0.2) is 11.3 Å². The van der Waals surface area contributed by atoms with Gasteiger partial charge in [0.05, 0.1) is 0 Å². The first-order valence-electron chi connectivity index (χ1n) is 4.88. The Bertz CT molecular complexity index is 434. The molecular weight excluding hydrogens is 206 g/mol. The number of nitriles is 1. The summed E-state index contributed by atoms with van der Waals surface area (Å²) in [5.41, 5.74) is 3.75. The van der Waals surface area contributed by atoms with Crippen molar-refractivity contribution in [2.75, 3.05) is 5.32 Å². The normalized spacial score (nSPS) is 12.7. The van der Waals surface area contributed by atoms with Crippen LogP contribution in [0, 0.1) is 11.5 Å². The fourth-order valence-electron chi connectivity index (χ4n) is 1.94. The molecule has 3 nitrogen and oxygen atoms in total. The van der Waals surface area contributed by atoms with E-state index < -0.39 is 0 Å². The van der Waals surface area contributed by atoms with E-state index in [1.54, 1.807) is 6.19 Å². The molecule has 0 spiro atoms. The summed E-state index contributed by atoms with van der Waals surface area (Å²) in [5.74, 6) is 0. The first-order valence-corrected chi connectivity index (χ1v) is 5.29. The minimum absolute atomic E-state index is 0.359. The largest absolute Gasteiger partial charge is 0.332 e. The molecule has 1 aliphatic rings. The van der Waals surface area contributed by atoms with Crippen molar-refractivity contribution in [1.82, 2.24) is 5.32 Å². The highest BCUT2D eigenvalue weighted by Crippen LogP contribution is 2.28. The second-order valence-corrected chi connectivity index (χ2v) is 3.90. The van der Waals surface area contributed by atoms with Crippen LogP contribution >= 0.6 is 12.2 Å². The summed E-state index contributed by atoms with van der Waals surface area (Å²) < 4.78 is 0. The molecule has 0 amide bonds. The summed E-state index contributed by atoms with van der Waals surface area (Å²) in [6.45, 7) is 0. The van der Waals surface area contributed by atoms with Crippen LogP contribution < -0.4 is 10.6 Å². The molecule has 76 valence electrons. The van der Waals surface area contributed by atoms with Gasteiger partial charge in [-0.1, -0.05) is 12.1 Å². The van der Waals surface area contributed by atoms with Crippen molar-refractivity contribution in [1.29, 1.82) is 5.26 Å². The highest BCUT2D eigenvalue weighted by Gasteiger charge is 2.14. The van der Waals surface area contributed by atoms with Crippen molar-refractivity contribution in [3.63, 3.8) is 0 Å². The molecule has 0 fully saturated rings. The van der Waals surface area contributed by atoms with Crippen molar-refractivity contribution < 1.29 is 0 Å². The van der Waals surface area contributed by atoms with Gasteiger partial charge in [0.2, 0.25) is 0 Å². The summed E-state index contributed by atoms with van der Waals surface area (Å²) in [4.78, 5) is 0. The zero-order valence-electron chi connectivity index (χ0n) is 8.21. The summed E-state index contributed by atoms with van der Waals surface area (Å²) in [5, 5.41) is 14.2. The third-order valence-electron chi connectivity index (χ3n) is 2.56. The Labute approximate surface area is 94.1 Å². The maximum Gasteiger partial charge on any atom is 0.184 e.